The third-order valence-corrected chi connectivity index (χ3v) is 4.62. The second kappa shape index (κ2) is 7.58. The first-order valence-corrected chi connectivity index (χ1v) is 8.46. The molecule has 0 spiro atoms. The molecule has 3 rings (SSSR count). The first kappa shape index (κ1) is 16.7. The molecule has 1 aliphatic rings. The van der Waals surface area contributed by atoms with Crippen LogP contribution in [0.3, 0.4) is 0 Å². The summed E-state index contributed by atoms with van der Waals surface area (Å²) in [5.74, 6) is -0.380. The summed E-state index contributed by atoms with van der Waals surface area (Å²) in [4.78, 5) is 14.5. The van der Waals surface area contributed by atoms with Gasteiger partial charge in [0, 0.05) is 11.7 Å². The van der Waals surface area contributed by atoms with Gasteiger partial charge in [-0.2, -0.15) is 0 Å². The van der Waals surface area contributed by atoms with E-state index in [0.717, 1.165) is 25.8 Å². The summed E-state index contributed by atoms with van der Waals surface area (Å²) in [7, 11) is 0. The number of amides is 1. The van der Waals surface area contributed by atoms with Crippen molar-refractivity contribution in [3.05, 3.63) is 65.5 Å². The molecule has 24 heavy (non-hydrogen) atoms. The number of aryl methyl sites for hydroxylation is 1. The maximum Gasteiger partial charge on any atom is 0.238 e. The van der Waals surface area contributed by atoms with E-state index in [-0.39, 0.29) is 11.7 Å². The number of rotatable bonds is 5. The standard InChI is InChI=1S/C20H23FN2O/c1-15-9-10-17(13-19(15)21)22-20(24)14-23-11-5-8-18(23)12-16-6-3-2-4-7-16/h2-4,6-7,9-10,13,18H,5,8,11-12,14H2,1H3,(H,22,24). The molecule has 3 nitrogen and oxygen atoms in total. The molecule has 1 atom stereocenters. The van der Waals surface area contributed by atoms with E-state index in [2.05, 4.69) is 22.3 Å². The number of benzene rings is 2. The van der Waals surface area contributed by atoms with E-state index < -0.39 is 0 Å². The number of nitrogens with zero attached hydrogens (tertiary/aromatic N) is 1. The van der Waals surface area contributed by atoms with Crippen LogP contribution in [0.1, 0.15) is 24.0 Å². The molecule has 1 fully saturated rings. The molecule has 0 aromatic heterocycles. The number of likely N-dealkylation sites (tertiary alicyclic amines) is 1. The normalized spacial score (nSPS) is 17.8. The van der Waals surface area contributed by atoms with E-state index in [1.807, 2.05) is 18.2 Å². The van der Waals surface area contributed by atoms with Crippen molar-refractivity contribution in [3.63, 3.8) is 0 Å². The SMILES string of the molecule is Cc1ccc(NC(=O)CN2CCCC2Cc2ccccc2)cc1F. The van der Waals surface area contributed by atoms with Crippen molar-refractivity contribution in [1.82, 2.24) is 4.90 Å². The van der Waals surface area contributed by atoms with Crippen LogP contribution in [0.4, 0.5) is 10.1 Å². The van der Waals surface area contributed by atoms with E-state index in [1.165, 1.54) is 11.6 Å². The molecule has 1 unspecified atom stereocenters. The van der Waals surface area contributed by atoms with Crippen molar-refractivity contribution in [1.29, 1.82) is 0 Å². The zero-order valence-electron chi connectivity index (χ0n) is 14.0. The first-order chi connectivity index (χ1) is 11.6. The second-order valence-electron chi connectivity index (χ2n) is 6.47. The fourth-order valence-electron chi connectivity index (χ4n) is 3.28. The van der Waals surface area contributed by atoms with E-state index in [0.29, 0.717) is 23.8 Å². The monoisotopic (exact) mass is 326 g/mol. The van der Waals surface area contributed by atoms with Gasteiger partial charge in [0.1, 0.15) is 5.82 Å². The van der Waals surface area contributed by atoms with Crippen LogP contribution in [0, 0.1) is 12.7 Å². The Hall–Kier alpha value is -2.20. The fraction of sp³-hybridized carbons (Fsp3) is 0.350. The summed E-state index contributed by atoms with van der Waals surface area (Å²) in [6.45, 7) is 3.00. The second-order valence-corrected chi connectivity index (χ2v) is 6.47. The summed E-state index contributed by atoms with van der Waals surface area (Å²) in [6, 6.07) is 15.6. The molecular weight excluding hydrogens is 303 g/mol. The third-order valence-electron chi connectivity index (χ3n) is 4.62. The Morgan fingerprint density at radius 3 is 2.79 bits per heavy atom. The molecule has 1 aliphatic heterocycles. The van der Waals surface area contributed by atoms with Gasteiger partial charge in [-0.05, 0) is 56.0 Å². The molecule has 0 bridgehead atoms. The van der Waals surface area contributed by atoms with Crippen LogP contribution in [0.2, 0.25) is 0 Å². The van der Waals surface area contributed by atoms with Crippen LogP contribution in [-0.4, -0.2) is 29.9 Å². The van der Waals surface area contributed by atoms with E-state index >= 15 is 0 Å². The lowest BCUT2D eigenvalue weighted by Gasteiger charge is -2.24. The van der Waals surface area contributed by atoms with Gasteiger partial charge < -0.3 is 5.32 Å². The van der Waals surface area contributed by atoms with Gasteiger partial charge in [-0.15, -0.1) is 0 Å². The smallest absolute Gasteiger partial charge is 0.238 e. The van der Waals surface area contributed by atoms with Crippen molar-refractivity contribution >= 4 is 11.6 Å². The molecule has 126 valence electrons. The minimum Gasteiger partial charge on any atom is -0.325 e. The van der Waals surface area contributed by atoms with Gasteiger partial charge in [0.2, 0.25) is 5.91 Å². The molecule has 0 saturated carbocycles. The number of hydrogen-bond donors (Lipinski definition) is 1. The van der Waals surface area contributed by atoms with Crippen molar-refractivity contribution in [2.75, 3.05) is 18.4 Å². The van der Waals surface area contributed by atoms with Gasteiger partial charge in [-0.25, -0.2) is 4.39 Å². The fourth-order valence-corrected chi connectivity index (χ4v) is 3.28. The highest BCUT2D eigenvalue weighted by Crippen LogP contribution is 2.21. The molecule has 1 saturated heterocycles. The van der Waals surface area contributed by atoms with Gasteiger partial charge in [-0.1, -0.05) is 36.4 Å². The van der Waals surface area contributed by atoms with Gasteiger partial charge in [-0.3, -0.25) is 9.69 Å². The third kappa shape index (κ3) is 4.20. The number of anilines is 1. The topological polar surface area (TPSA) is 32.3 Å². The van der Waals surface area contributed by atoms with Crippen LogP contribution < -0.4 is 5.32 Å². The summed E-state index contributed by atoms with van der Waals surface area (Å²) < 4.78 is 13.6. The summed E-state index contributed by atoms with van der Waals surface area (Å²) in [6.07, 6.45) is 3.19. The average Bonchev–Trinajstić information content (AvgIpc) is 2.99. The molecule has 0 aliphatic carbocycles. The van der Waals surface area contributed by atoms with E-state index in [4.69, 9.17) is 0 Å². The highest BCUT2D eigenvalue weighted by molar-refractivity contribution is 5.92. The van der Waals surface area contributed by atoms with Crippen LogP contribution >= 0.6 is 0 Å². The zero-order chi connectivity index (χ0) is 16.9. The van der Waals surface area contributed by atoms with Crippen LogP contribution in [0.25, 0.3) is 0 Å². The molecular formula is C20H23FN2O. The highest BCUT2D eigenvalue weighted by Gasteiger charge is 2.26. The number of carbonyl (C=O) groups excluding carboxylic acids is 1. The zero-order valence-corrected chi connectivity index (χ0v) is 14.0. The lowest BCUT2D eigenvalue weighted by atomic mass is 10.0. The Morgan fingerprint density at radius 2 is 2.04 bits per heavy atom. The van der Waals surface area contributed by atoms with Crippen LogP contribution in [0.15, 0.2) is 48.5 Å². The molecule has 1 heterocycles. The summed E-state index contributed by atoms with van der Waals surface area (Å²) in [5.41, 5.74) is 2.40. The highest BCUT2D eigenvalue weighted by atomic mass is 19.1. The van der Waals surface area contributed by atoms with Crippen molar-refractivity contribution in [2.24, 2.45) is 0 Å². The van der Waals surface area contributed by atoms with Crippen LogP contribution in [0.5, 0.6) is 0 Å². The Morgan fingerprint density at radius 1 is 1.25 bits per heavy atom. The number of hydrogen-bond acceptors (Lipinski definition) is 2. The van der Waals surface area contributed by atoms with E-state index in [1.54, 1.807) is 19.1 Å². The Bertz CT molecular complexity index is 702. The summed E-state index contributed by atoms with van der Waals surface area (Å²) in [5, 5.41) is 2.80. The maximum absolute atomic E-state index is 13.6. The molecule has 1 N–H and O–H groups in total. The van der Waals surface area contributed by atoms with Crippen molar-refractivity contribution in [2.45, 2.75) is 32.2 Å². The first-order valence-electron chi connectivity index (χ1n) is 8.46. The quantitative estimate of drug-likeness (QED) is 0.907. The minimum absolute atomic E-state index is 0.0850. The van der Waals surface area contributed by atoms with Gasteiger partial charge in [0.05, 0.1) is 6.54 Å². The predicted octanol–water partition coefficient (Wildman–Crippen LogP) is 3.78. The number of carbonyl (C=O) groups is 1. The van der Waals surface area contributed by atoms with Gasteiger partial charge >= 0.3 is 0 Å². The lowest BCUT2D eigenvalue weighted by Crippen LogP contribution is -2.37. The van der Waals surface area contributed by atoms with E-state index in [9.17, 15) is 9.18 Å². The van der Waals surface area contributed by atoms with Gasteiger partial charge in [0.25, 0.3) is 0 Å². The Labute approximate surface area is 142 Å². The molecule has 4 heteroatoms. The molecule has 0 radical (unpaired) electrons. The van der Waals surface area contributed by atoms with Crippen molar-refractivity contribution in [3.8, 4) is 0 Å². The lowest BCUT2D eigenvalue weighted by molar-refractivity contribution is -0.117. The molecule has 1 amide bonds. The van der Waals surface area contributed by atoms with Gasteiger partial charge in [0.15, 0.2) is 0 Å². The predicted molar refractivity (Wildman–Crippen MR) is 94.5 cm³/mol. The molecule has 2 aromatic rings. The number of halogens is 1. The average molecular weight is 326 g/mol. The molecule has 2 aromatic carbocycles. The van der Waals surface area contributed by atoms with Crippen LogP contribution in [-0.2, 0) is 11.2 Å². The Kier molecular flexibility index (Phi) is 5.26. The van der Waals surface area contributed by atoms with Crippen molar-refractivity contribution < 1.29 is 9.18 Å². The largest absolute Gasteiger partial charge is 0.325 e. The number of nitrogens with one attached hydrogen (secondary N) is 1. The minimum atomic E-state index is -0.295. The Balaban J connectivity index is 1.57. The summed E-state index contributed by atoms with van der Waals surface area (Å²) >= 11 is 0. The maximum atomic E-state index is 13.6.